The average Bonchev–Trinajstić information content (AvgIpc) is 1.20. The van der Waals surface area contributed by atoms with E-state index < -0.39 is 131 Å². The molecule has 1 saturated carbocycles. The minimum absolute atomic E-state index is 0.0726. The van der Waals surface area contributed by atoms with Gasteiger partial charge in [-0.3, -0.25) is 52.8 Å². The highest BCUT2D eigenvalue weighted by Gasteiger charge is 2.44. The number of methoxy groups -OCH3 is 2. The number of allylic oxidation sites excluding steroid dienone is 2. The number of carboxylic acid groups (broad SMARTS) is 1. The van der Waals surface area contributed by atoms with Gasteiger partial charge < -0.3 is 66.1 Å². The van der Waals surface area contributed by atoms with Crippen LogP contribution in [0.25, 0.3) is 0 Å². The molecule has 0 unspecified atom stereocenters. The third kappa shape index (κ3) is 24.0. The van der Waals surface area contributed by atoms with Gasteiger partial charge in [-0.15, -0.1) is 0 Å². The second-order valence-electron chi connectivity index (χ2n) is 28.4. The van der Waals surface area contributed by atoms with Crippen LogP contribution in [0.3, 0.4) is 0 Å². The molecular formula is C73H113N9O16. The van der Waals surface area contributed by atoms with E-state index in [9.17, 15) is 57.8 Å². The summed E-state index contributed by atoms with van der Waals surface area (Å²) in [5, 5.41) is 37.4. The molecule has 2 aromatic carbocycles. The first-order valence-corrected chi connectivity index (χ1v) is 34.7. The van der Waals surface area contributed by atoms with Gasteiger partial charge >= 0.3 is 12.1 Å². The molecule has 1 heterocycles. The third-order valence-electron chi connectivity index (χ3n) is 18.9. The fourth-order valence-corrected chi connectivity index (χ4v) is 13.1. The highest BCUT2D eigenvalue weighted by molar-refractivity contribution is 6.22. The second-order valence-corrected chi connectivity index (χ2v) is 28.4. The number of likely N-dealkylation sites (N-methyl/N-ethyl adjacent to an activating group) is 2. The van der Waals surface area contributed by atoms with E-state index in [0.29, 0.717) is 67.7 Å². The quantitative estimate of drug-likeness (QED) is 0.0184. The van der Waals surface area contributed by atoms with Crippen molar-refractivity contribution in [2.45, 2.75) is 234 Å². The zero-order valence-corrected chi connectivity index (χ0v) is 60.9. The van der Waals surface area contributed by atoms with E-state index in [1.165, 1.54) is 26.2 Å². The number of nitrogens with one attached hydrogen (secondary N) is 6. The van der Waals surface area contributed by atoms with Gasteiger partial charge in [0.2, 0.25) is 41.4 Å². The number of hydrogen-bond donors (Lipinski definition) is 8. The molecule has 2 aromatic rings. The second kappa shape index (κ2) is 39.1. The minimum Gasteiger partial charge on any atom is -0.481 e. The van der Waals surface area contributed by atoms with Crippen molar-refractivity contribution in [1.29, 1.82) is 0 Å². The summed E-state index contributed by atoms with van der Waals surface area (Å²) in [6, 6.07) is 9.50. The Morgan fingerprint density at radius 1 is 0.714 bits per heavy atom. The first kappa shape index (κ1) is 82.7. The zero-order chi connectivity index (χ0) is 73.5. The van der Waals surface area contributed by atoms with Crippen LogP contribution >= 0.6 is 0 Å². The van der Waals surface area contributed by atoms with Gasteiger partial charge in [-0.1, -0.05) is 125 Å². The number of amides is 8. The van der Waals surface area contributed by atoms with E-state index in [0.717, 1.165) is 0 Å². The summed E-state index contributed by atoms with van der Waals surface area (Å²) in [5.74, 6) is -6.93. The molecule has 12 atom stereocenters. The number of hydrogen-bond acceptors (Lipinski definition) is 16. The van der Waals surface area contributed by atoms with E-state index >= 15 is 0 Å². The molecule has 0 radical (unpaired) electrons. The van der Waals surface area contributed by atoms with Crippen LogP contribution in [-0.4, -0.2) is 186 Å². The van der Waals surface area contributed by atoms with Gasteiger partial charge in [0.25, 0.3) is 0 Å². The number of ether oxygens (including phenoxy) is 3. The van der Waals surface area contributed by atoms with Crippen molar-refractivity contribution in [3.63, 3.8) is 0 Å². The fraction of sp³-hybridized carbons (Fsp3) is 0.658. The Morgan fingerprint density at radius 2 is 1.34 bits per heavy atom. The van der Waals surface area contributed by atoms with Crippen LogP contribution in [0, 0.1) is 35.0 Å². The Balaban J connectivity index is 1.42. The summed E-state index contributed by atoms with van der Waals surface area (Å²) in [7, 11) is 6.08. The number of aliphatic carboxylic acids is 1. The standard InChI is InChI=1S/C73H113N9O16/c1-18-45(8)64(56(96-16)38-58(86)82-37-25-29-53(82)66(97-17)46(9)67(90)75-48(11)65(89)50-26-20-19-21-27-50)80(14)71(94)62(43(4)5)79-70(93)63(44(6)7)81(15)72(95)98-41-49-32-34-51(35-33-49)76-68(91)52(77-69(92)61(42(2)3)78-57(85)30-24-31-59(87)88)28-22-23-36-74-47(10)60-54(83)39-73(12,13)40-55(60)84/h19-21,26-27,32-35,42-46,48,52-53,56,61-66,74,89H,18,22-25,28-31,36-41H2,1-17H3,(H,75,90)(H,76,91)(H,77,92)(H,78,85)(H,79,93)(H,87,88)/t45-,46+,48+,52-,53-,56+,61-,62-,63-,64-,65+,66+/m1/s1. The van der Waals surface area contributed by atoms with E-state index in [1.54, 1.807) is 116 Å². The van der Waals surface area contributed by atoms with Crippen molar-refractivity contribution in [3.05, 3.63) is 77.0 Å². The van der Waals surface area contributed by atoms with Gasteiger partial charge in [0, 0.05) is 78.5 Å². The molecule has 25 heteroatoms. The van der Waals surface area contributed by atoms with Crippen molar-refractivity contribution in [1.82, 2.24) is 41.3 Å². The Kier molecular flexibility index (Phi) is 33.0. The lowest BCUT2D eigenvalue weighted by Gasteiger charge is -2.41. The molecule has 8 amide bonds. The number of benzene rings is 2. The van der Waals surface area contributed by atoms with E-state index in [-0.39, 0.29) is 86.4 Å². The minimum atomic E-state index is -1.09. The molecular weight excluding hydrogens is 1260 g/mol. The molecule has 1 aliphatic heterocycles. The summed E-state index contributed by atoms with van der Waals surface area (Å²) in [6.07, 6.45) is -0.131. The van der Waals surface area contributed by atoms with Gasteiger partial charge in [0.05, 0.1) is 54.3 Å². The SMILES string of the molecule is CC[C@@H](C)[C@H]([C@H](CC(=O)N1CCC[C@@H]1[C@@H](OC)[C@H](C)C(=O)N[C@@H](C)[C@H](O)c1ccccc1)OC)N(C)C(=O)[C@H](NC(=O)[C@@H](C(C)C)N(C)C(=O)OCc1ccc(NC(=O)[C@@H](CCCCNC(C)=C2C(=O)CC(C)(C)CC2=O)NC(=O)[C@H](NC(=O)CCCC(=O)O)C(C)C)cc1)C(C)C. The van der Waals surface area contributed by atoms with Crippen LogP contribution in [0.15, 0.2) is 65.9 Å². The van der Waals surface area contributed by atoms with Gasteiger partial charge in [0.1, 0.15) is 30.8 Å². The Bertz CT molecular complexity index is 3040. The van der Waals surface area contributed by atoms with Gasteiger partial charge in [-0.2, -0.15) is 0 Å². The Labute approximate surface area is 579 Å². The predicted molar refractivity (Wildman–Crippen MR) is 371 cm³/mol. The van der Waals surface area contributed by atoms with Crippen LogP contribution in [0.2, 0.25) is 0 Å². The Morgan fingerprint density at radius 3 is 1.90 bits per heavy atom. The number of unbranched alkanes of at least 4 members (excludes halogenated alkanes) is 1. The molecule has 0 aromatic heterocycles. The molecule has 1 saturated heterocycles. The predicted octanol–water partition coefficient (Wildman–Crippen LogP) is 7.39. The Hall–Kier alpha value is -7.77. The van der Waals surface area contributed by atoms with E-state index in [2.05, 4.69) is 31.9 Å². The maximum absolute atomic E-state index is 14.9. The van der Waals surface area contributed by atoms with Crippen LogP contribution < -0.4 is 31.9 Å². The molecule has 2 fully saturated rings. The van der Waals surface area contributed by atoms with Gasteiger partial charge in [-0.25, -0.2) is 4.79 Å². The molecule has 98 heavy (non-hydrogen) atoms. The number of Topliss-reactive ketones (excluding diaryl/α,β-unsaturated/α-hetero) is 2. The molecule has 0 bridgehead atoms. The van der Waals surface area contributed by atoms with Crippen LogP contribution in [-0.2, 0) is 68.8 Å². The topological polar surface area (TPSA) is 338 Å². The number of ketones is 2. The van der Waals surface area contributed by atoms with Crippen molar-refractivity contribution in [2.75, 3.05) is 46.7 Å². The lowest BCUT2D eigenvalue weighted by molar-refractivity contribution is -0.148. The molecule has 8 N–H and O–H groups in total. The van der Waals surface area contributed by atoms with Gasteiger partial charge in [-0.05, 0) is 105 Å². The first-order chi connectivity index (χ1) is 46.1. The van der Waals surface area contributed by atoms with Crippen LogP contribution in [0.5, 0.6) is 0 Å². The highest BCUT2D eigenvalue weighted by Crippen LogP contribution is 2.35. The molecule has 4 rings (SSSR count). The van der Waals surface area contributed by atoms with Crippen molar-refractivity contribution in [2.24, 2.45) is 35.0 Å². The number of nitrogens with zero attached hydrogens (tertiary/aromatic N) is 3. The zero-order valence-electron chi connectivity index (χ0n) is 60.9. The number of carbonyl (C=O) groups is 11. The maximum atomic E-state index is 14.9. The van der Waals surface area contributed by atoms with Crippen molar-refractivity contribution in [3.8, 4) is 0 Å². The number of likely N-dealkylation sites (tertiary alicyclic amines) is 1. The molecule has 546 valence electrons. The number of rotatable bonds is 38. The summed E-state index contributed by atoms with van der Waals surface area (Å²) in [4.78, 5) is 153. The van der Waals surface area contributed by atoms with Crippen molar-refractivity contribution >= 4 is 70.7 Å². The van der Waals surface area contributed by atoms with E-state index in [4.69, 9.17) is 19.3 Å². The fourth-order valence-electron chi connectivity index (χ4n) is 13.1. The number of carbonyl (C=O) groups excluding carboxylic acids is 10. The number of anilines is 1. The normalized spacial score (nSPS) is 18.0. The summed E-state index contributed by atoms with van der Waals surface area (Å²) in [5.41, 5.74) is 1.76. The lowest BCUT2D eigenvalue weighted by Crippen LogP contribution is -2.60. The van der Waals surface area contributed by atoms with Crippen molar-refractivity contribution < 1.29 is 77.2 Å². The monoisotopic (exact) mass is 1370 g/mol. The molecule has 1 aliphatic carbocycles. The largest absolute Gasteiger partial charge is 0.481 e. The lowest BCUT2D eigenvalue weighted by atomic mass is 9.73. The highest BCUT2D eigenvalue weighted by atomic mass is 16.6. The first-order valence-electron chi connectivity index (χ1n) is 34.7. The maximum Gasteiger partial charge on any atom is 0.410 e. The number of aliphatic hydroxyl groups is 1. The molecule has 0 spiro atoms. The number of aliphatic hydroxyl groups excluding tert-OH is 1. The summed E-state index contributed by atoms with van der Waals surface area (Å²) in [6.45, 7) is 24.0. The summed E-state index contributed by atoms with van der Waals surface area (Å²) < 4.78 is 17.8. The third-order valence-corrected chi connectivity index (χ3v) is 18.9. The van der Waals surface area contributed by atoms with Gasteiger partial charge in [0.15, 0.2) is 11.6 Å². The van der Waals surface area contributed by atoms with E-state index in [1.807, 2.05) is 45.9 Å². The summed E-state index contributed by atoms with van der Waals surface area (Å²) >= 11 is 0. The molecule has 2 aliphatic rings. The van der Waals surface area contributed by atoms with Crippen LogP contribution in [0.1, 0.15) is 184 Å². The molecule has 25 nitrogen and oxygen atoms in total. The number of carboxylic acids is 1. The van der Waals surface area contributed by atoms with Crippen LogP contribution in [0.4, 0.5) is 10.5 Å². The average molecular weight is 1370 g/mol. The smallest absolute Gasteiger partial charge is 0.410 e.